The van der Waals surface area contributed by atoms with Crippen LogP contribution in [0.4, 0.5) is 4.39 Å². The van der Waals surface area contributed by atoms with E-state index in [9.17, 15) is 9.18 Å². The molecular formula is C25H25FN4O3. The summed E-state index contributed by atoms with van der Waals surface area (Å²) in [6, 6.07) is 12.6. The van der Waals surface area contributed by atoms with Crippen molar-refractivity contribution in [3.05, 3.63) is 77.0 Å². The lowest BCUT2D eigenvalue weighted by atomic mass is 10.0. The van der Waals surface area contributed by atoms with Crippen LogP contribution in [-0.2, 0) is 15.9 Å². The minimum absolute atomic E-state index is 0.199. The average Bonchev–Trinajstić information content (AvgIpc) is 3.51. The molecule has 4 aromatic rings. The van der Waals surface area contributed by atoms with Crippen LogP contribution < -0.4 is 5.73 Å². The number of nitrogens with zero attached hydrogens (tertiary/aromatic N) is 2. The molecule has 0 bridgehead atoms. The largest absolute Gasteiger partial charge is 0.377 e. The number of halogens is 1. The molecule has 1 aliphatic rings. The van der Waals surface area contributed by atoms with E-state index in [2.05, 4.69) is 10.2 Å². The number of hydrogen-bond acceptors (Lipinski definition) is 4. The van der Waals surface area contributed by atoms with Crippen molar-refractivity contribution in [3.8, 4) is 11.1 Å². The lowest BCUT2D eigenvalue weighted by molar-refractivity contribution is 0.0688. The highest BCUT2D eigenvalue weighted by Gasteiger charge is 2.35. The summed E-state index contributed by atoms with van der Waals surface area (Å²) in [5.74, 6) is -1.13. The number of hydrogen-bond donors (Lipinski definition) is 2. The highest BCUT2D eigenvalue weighted by Crippen LogP contribution is 2.36. The van der Waals surface area contributed by atoms with Gasteiger partial charge in [0.05, 0.1) is 36.0 Å². The zero-order valence-electron chi connectivity index (χ0n) is 18.5. The fourth-order valence-corrected chi connectivity index (χ4v) is 4.82. The summed E-state index contributed by atoms with van der Waals surface area (Å²) in [5, 5.41) is 7.30. The number of nitrogens with one attached hydrogen (secondary N) is 1. The van der Waals surface area contributed by atoms with Crippen LogP contribution in [0.25, 0.3) is 22.0 Å². The SMILES string of the molecule is CO[C@H]1COC[C@@H]1n1c(Cc2ccc(-c3c[nH]nc3C)cc2)c(C(N)=O)c2c(F)cccc21. The summed E-state index contributed by atoms with van der Waals surface area (Å²) in [6.45, 7) is 2.78. The first-order chi connectivity index (χ1) is 16.0. The molecule has 1 aliphatic heterocycles. The zero-order chi connectivity index (χ0) is 23.1. The van der Waals surface area contributed by atoms with E-state index < -0.39 is 11.7 Å². The first-order valence-electron chi connectivity index (χ1n) is 10.8. The molecule has 2 atom stereocenters. The number of nitrogens with two attached hydrogens (primary N) is 1. The Bertz CT molecular complexity index is 1330. The van der Waals surface area contributed by atoms with Crippen LogP contribution in [0.5, 0.6) is 0 Å². The first kappa shape index (κ1) is 21.4. The maximum atomic E-state index is 15.0. The van der Waals surface area contributed by atoms with Crippen LogP contribution in [0.1, 0.15) is 33.4 Å². The maximum absolute atomic E-state index is 15.0. The van der Waals surface area contributed by atoms with Gasteiger partial charge in [0, 0.05) is 36.4 Å². The fourth-order valence-electron chi connectivity index (χ4n) is 4.82. The number of primary amides is 1. The van der Waals surface area contributed by atoms with E-state index in [1.54, 1.807) is 13.2 Å². The maximum Gasteiger partial charge on any atom is 0.251 e. The summed E-state index contributed by atoms with van der Waals surface area (Å²) in [6.07, 6.45) is 2.06. The second-order valence-electron chi connectivity index (χ2n) is 8.33. The van der Waals surface area contributed by atoms with Crippen LogP contribution >= 0.6 is 0 Å². The van der Waals surface area contributed by atoms with E-state index >= 15 is 0 Å². The smallest absolute Gasteiger partial charge is 0.251 e. The van der Waals surface area contributed by atoms with Crippen LogP contribution in [0.2, 0.25) is 0 Å². The second-order valence-corrected chi connectivity index (χ2v) is 8.33. The van der Waals surface area contributed by atoms with E-state index in [4.69, 9.17) is 15.2 Å². The van der Waals surface area contributed by atoms with E-state index in [0.29, 0.717) is 30.8 Å². The van der Waals surface area contributed by atoms with E-state index in [1.807, 2.05) is 48.0 Å². The van der Waals surface area contributed by atoms with Crippen molar-refractivity contribution < 1.29 is 18.7 Å². The predicted molar refractivity (Wildman–Crippen MR) is 123 cm³/mol. The fraction of sp³-hybridized carbons (Fsp3) is 0.280. The Kier molecular flexibility index (Phi) is 5.47. The highest BCUT2D eigenvalue weighted by atomic mass is 19.1. The van der Waals surface area contributed by atoms with E-state index in [-0.39, 0.29) is 23.1 Å². The van der Waals surface area contributed by atoms with E-state index in [1.165, 1.54) is 6.07 Å². The van der Waals surface area contributed by atoms with Gasteiger partial charge in [-0.05, 0) is 30.2 Å². The van der Waals surface area contributed by atoms with Crippen molar-refractivity contribution in [1.29, 1.82) is 0 Å². The zero-order valence-corrected chi connectivity index (χ0v) is 18.5. The molecule has 2 aromatic carbocycles. The third-order valence-corrected chi connectivity index (χ3v) is 6.43. The molecule has 1 fully saturated rings. The molecule has 170 valence electrons. The molecule has 0 spiro atoms. The molecule has 3 N–H and O–H groups in total. The van der Waals surface area contributed by atoms with Gasteiger partial charge < -0.3 is 19.8 Å². The molecule has 33 heavy (non-hydrogen) atoms. The Morgan fingerprint density at radius 2 is 2.06 bits per heavy atom. The normalized spacial score (nSPS) is 18.3. The van der Waals surface area contributed by atoms with Gasteiger partial charge in [0.25, 0.3) is 5.91 Å². The third kappa shape index (κ3) is 3.61. The molecule has 0 aliphatic carbocycles. The Hall–Kier alpha value is -3.49. The van der Waals surface area contributed by atoms with Gasteiger partial charge in [-0.3, -0.25) is 9.89 Å². The van der Waals surface area contributed by atoms with Crippen molar-refractivity contribution in [3.63, 3.8) is 0 Å². The standard InChI is InChI=1S/C25H25FN4O3/c1-14-17(11-28-29-14)16-8-6-15(7-9-16)10-20-24(25(27)31)23-18(26)4-3-5-19(23)30(20)21-12-33-13-22(21)32-2/h3-9,11,21-22H,10,12-13H2,1-2H3,(H2,27,31)(H,28,29)/t21-,22-/m0/s1. The molecule has 0 saturated carbocycles. The summed E-state index contributed by atoms with van der Waals surface area (Å²) in [5.41, 5.74) is 11.2. The predicted octanol–water partition coefficient (Wildman–Crippen LogP) is 3.75. The number of aromatic amines is 1. The third-order valence-electron chi connectivity index (χ3n) is 6.43. The number of aryl methyl sites for hydroxylation is 1. The molecule has 0 unspecified atom stereocenters. The number of carbonyl (C=O) groups is 1. The van der Waals surface area contributed by atoms with Crippen LogP contribution in [-0.4, -0.2) is 47.1 Å². The summed E-state index contributed by atoms with van der Waals surface area (Å²) >= 11 is 0. The minimum Gasteiger partial charge on any atom is -0.377 e. The average molecular weight is 448 g/mol. The number of carbonyl (C=O) groups excluding carboxylic acids is 1. The minimum atomic E-state index is -0.655. The van der Waals surface area contributed by atoms with Crippen LogP contribution in [0, 0.1) is 12.7 Å². The number of benzene rings is 2. The lowest BCUT2D eigenvalue weighted by Gasteiger charge is -2.22. The molecule has 0 radical (unpaired) electrons. The van der Waals surface area contributed by atoms with Crippen LogP contribution in [0.3, 0.4) is 0 Å². The lowest BCUT2D eigenvalue weighted by Crippen LogP contribution is -2.26. The van der Waals surface area contributed by atoms with Crippen molar-refractivity contribution in [2.75, 3.05) is 20.3 Å². The summed E-state index contributed by atoms with van der Waals surface area (Å²) in [7, 11) is 1.63. The van der Waals surface area contributed by atoms with Gasteiger partial charge in [0.15, 0.2) is 0 Å². The number of fused-ring (bicyclic) bond motifs is 1. The topological polar surface area (TPSA) is 95.2 Å². The number of aromatic nitrogens is 3. The second kappa shape index (κ2) is 8.46. The van der Waals surface area contributed by atoms with Crippen molar-refractivity contribution in [2.24, 2.45) is 5.73 Å². The van der Waals surface area contributed by atoms with Gasteiger partial charge in [-0.25, -0.2) is 4.39 Å². The van der Waals surface area contributed by atoms with E-state index in [0.717, 1.165) is 22.4 Å². The van der Waals surface area contributed by atoms with Gasteiger partial charge >= 0.3 is 0 Å². The number of ether oxygens (including phenoxy) is 2. The Morgan fingerprint density at radius 1 is 1.27 bits per heavy atom. The quantitative estimate of drug-likeness (QED) is 0.470. The first-order valence-corrected chi connectivity index (χ1v) is 10.8. The molecule has 1 amide bonds. The Labute approximate surface area is 190 Å². The molecule has 3 heterocycles. The molecule has 8 heteroatoms. The number of amides is 1. The van der Waals surface area contributed by atoms with Crippen molar-refractivity contribution in [1.82, 2.24) is 14.8 Å². The summed E-state index contributed by atoms with van der Waals surface area (Å²) < 4.78 is 28.2. The molecule has 5 rings (SSSR count). The van der Waals surface area contributed by atoms with Gasteiger partial charge in [0.1, 0.15) is 11.9 Å². The van der Waals surface area contributed by atoms with Gasteiger partial charge in [-0.2, -0.15) is 5.10 Å². The number of methoxy groups -OCH3 is 1. The van der Waals surface area contributed by atoms with Gasteiger partial charge in [0.2, 0.25) is 0 Å². The number of rotatable bonds is 6. The molecule has 2 aromatic heterocycles. The van der Waals surface area contributed by atoms with Crippen molar-refractivity contribution >= 4 is 16.8 Å². The molecule has 1 saturated heterocycles. The van der Waals surface area contributed by atoms with Gasteiger partial charge in [-0.1, -0.05) is 30.3 Å². The Balaban J connectivity index is 1.64. The molecular weight excluding hydrogens is 423 g/mol. The highest BCUT2D eigenvalue weighted by molar-refractivity contribution is 6.08. The Morgan fingerprint density at radius 3 is 2.73 bits per heavy atom. The van der Waals surface area contributed by atoms with Crippen LogP contribution in [0.15, 0.2) is 48.7 Å². The monoisotopic (exact) mass is 448 g/mol. The van der Waals surface area contributed by atoms with Crippen molar-refractivity contribution in [2.45, 2.75) is 25.5 Å². The number of H-pyrrole nitrogens is 1. The van der Waals surface area contributed by atoms with Gasteiger partial charge in [-0.15, -0.1) is 0 Å². The summed E-state index contributed by atoms with van der Waals surface area (Å²) in [4.78, 5) is 12.6. The molecule has 7 nitrogen and oxygen atoms in total.